The van der Waals surface area contributed by atoms with E-state index in [0.29, 0.717) is 0 Å². The van der Waals surface area contributed by atoms with E-state index in [2.05, 4.69) is 20.9 Å². The van der Waals surface area contributed by atoms with Crippen LogP contribution >= 0.6 is 11.6 Å². The monoisotopic (exact) mass is 389 g/mol. The number of aromatic nitrogens is 2. The number of nitrogens with zero attached hydrogens (tertiary/aromatic N) is 3. The smallest absolute Gasteiger partial charge is 0.231 e. The largest absolute Gasteiger partial charge is 0.454 e. The van der Waals surface area contributed by atoms with Crippen LogP contribution in [0.2, 0.25) is 5.28 Å². The molecule has 1 aromatic heterocycles. The van der Waals surface area contributed by atoms with E-state index in [4.69, 9.17) is 21.1 Å². The summed E-state index contributed by atoms with van der Waals surface area (Å²) >= 11 is 6.22. The van der Waals surface area contributed by atoms with Gasteiger partial charge in [-0.15, -0.1) is 0 Å². The Labute approximate surface area is 167 Å². The van der Waals surface area contributed by atoms with Crippen LogP contribution < -0.4 is 14.4 Å². The maximum absolute atomic E-state index is 6.22. The standard InChI is InChI=1S/C22H16ClN3O2/c1-26(14-10-11-19-20(12-14)28-13-27-19)18-9-5-3-7-16(18)21-15-6-2-4-8-17(15)24-22(23)25-21/h2-12H,13H2,1H3. The van der Waals surface area contributed by atoms with Crippen molar-refractivity contribution in [2.75, 3.05) is 18.7 Å². The van der Waals surface area contributed by atoms with Crippen LogP contribution in [0.3, 0.4) is 0 Å². The van der Waals surface area contributed by atoms with Crippen LogP contribution in [0, 0.1) is 0 Å². The normalized spacial score (nSPS) is 12.4. The molecule has 0 saturated carbocycles. The first-order chi connectivity index (χ1) is 13.7. The van der Waals surface area contributed by atoms with Crippen molar-refractivity contribution < 1.29 is 9.47 Å². The van der Waals surface area contributed by atoms with Crippen molar-refractivity contribution in [2.45, 2.75) is 0 Å². The molecule has 0 unspecified atom stereocenters. The zero-order chi connectivity index (χ0) is 19.1. The molecule has 5 rings (SSSR count). The molecule has 0 atom stereocenters. The second kappa shape index (κ2) is 6.69. The van der Waals surface area contributed by atoms with Gasteiger partial charge >= 0.3 is 0 Å². The number of ether oxygens (including phenoxy) is 2. The highest BCUT2D eigenvalue weighted by Gasteiger charge is 2.18. The van der Waals surface area contributed by atoms with Gasteiger partial charge in [0.05, 0.1) is 16.9 Å². The number of halogens is 1. The summed E-state index contributed by atoms with van der Waals surface area (Å²) in [7, 11) is 2.02. The predicted molar refractivity (Wildman–Crippen MR) is 111 cm³/mol. The average Bonchev–Trinajstić information content (AvgIpc) is 3.20. The molecule has 1 aliphatic heterocycles. The van der Waals surface area contributed by atoms with E-state index in [1.54, 1.807) is 0 Å². The van der Waals surface area contributed by atoms with Crippen molar-refractivity contribution >= 4 is 33.9 Å². The third kappa shape index (κ3) is 2.80. The molecule has 0 bridgehead atoms. The minimum atomic E-state index is 0.231. The fourth-order valence-corrected chi connectivity index (χ4v) is 3.63. The highest BCUT2D eigenvalue weighted by Crippen LogP contribution is 2.40. The van der Waals surface area contributed by atoms with Gasteiger partial charge in [-0.1, -0.05) is 36.4 Å². The molecule has 0 radical (unpaired) electrons. The van der Waals surface area contributed by atoms with Crippen LogP contribution in [0.25, 0.3) is 22.2 Å². The second-order valence-corrected chi connectivity index (χ2v) is 6.81. The Morgan fingerprint density at radius 3 is 2.61 bits per heavy atom. The summed E-state index contributed by atoms with van der Waals surface area (Å²) in [6.45, 7) is 0.254. The zero-order valence-electron chi connectivity index (χ0n) is 15.1. The van der Waals surface area contributed by atoms with Crippen LogP contribution in [-0.4, -0.2) is 23.8 Å². The van der Waals surface area contributed by atoms with E-state index < -0.39 is 0 Å². The summed E-state index contributed by atoms with van der Waals surface area (Å²) in [5, 5.41) is 1.19. The molecule has 2 heterocycles. The quantitative estimate of drug-likeness (QED) is 0.436. The van der Waals surface area contributed by atoms with Crippen LogP contribution in [0.5, 0.6) is 11.5 Å². The number of hydrogen-bond acceptors (Lipinski definition) is 5. The van der Waals surface area contributed by atoms with Crippen LogP contribution in [0.4, 0.5) is 11.4 Å². The highest BCUT2D eigenvalue weighted by atomic mass is 35.5. The van der Waals surface area contributed by atoms with Crippen molar-refractivity contribution in [1.29, 1.82) is 0 Å². The van der Waals surface area contributed by atoms with Crippen molar-refractivity contribution in [2.24, 2.45) is 0 Å². The Kier molecular flexibility index (Phi) is 4.02. The first-order valence-corrected chi connectivity index (χ1v) is 9.23. The summed E-state index contributed by atoms with van der Waals surface area (Å²) in [5.74, 6) is 1.51. The number of para-hydroxylation sites is 2. The third-order valence-corrected chi connectivity index (χ3v) is 5.01. The molecule has 138 valence electrons. The summed E-state index contributed by atoms with van der Waals surface area (Å²) in [4.78, 5) is 11.0. The van der Waals surface area contributed by atoms with E-state index in [1.807, 2.05) is 67.7 Å². The molecule has 4 aromatic rings. The number of hydrogen-bond donors (Lipinski definition) is 0. The lowest BCUT2D eigenvalue weighted by Crippen LogP contribution is -2.11. The Hall–Kier alpha value is -3.31. The van der Waals surface area contributed by atoms with Gasteiger partial charge in [0.15, 0.2) is 11.5 Å². The molecule has 0 amide bonds. The van der Waals surface area contributed by atoms with Crippen molar-refractivity contribution in [3.63, 3.8) is 0 Å². The molecule has 6 heteroatoms. The second-order valence-electron chi connectivity index (χ2n) is 6.47. The molecule has 1 aliphatic rings. The lowest BCUT2D eigenvalue weighted by Gasteiger charge is -2.23. The lowest BCUT2D eigenvalue weighted by molar-refractivity contribution is 0.174. The van der Waals surface area contributed by atoms with Gasteiger partial charge in [0.25, 0.3) is 0 Å². The molecular formula is C22H16ClN3O2. The predicted octanol–water partition coefficient (Wildman–Crippen LogP) is 5.45. The van der Waals surface area contributed by atoms with E-state index in [0.717, 1.165) is 45.0 Å². The fraction of sp³-hybridized carbons (Fsp3) is 0.0909. The Morgan fingerprint density at radius 1 is 0.893 bits per heavy atom. The maximum Gasteiger partial charge on any atom is 0.231 e. The third-order valence-electron chi connectivity index (χ3n) is 4.84. The Morgan fingerprint density at radius 2 is 1.68 bits per heavy atom. The molecule has 3 aromatic carbocycles. The first-order valence-electron chi connectivity index (χ1n) is 8.86. The van der Waals surface area contributed by atoms with E-state index in [9.17, 15) is 0 Å². The highest BCUT2D eigenvalue weighted by molar-refractivity contribution is 6.29. The summed E-state index contributed by atoms with van der Waals surface area (Å²) in [6, 6.07) is 21.9. The van der Waals surface area contributed by atoms with E-state index in [1.165, 1.54) is 0 Å². The minimum absolute atomic E-state index is 0.231. The molecule has 5 nitrogen and oxygen atoms in total. The Bertz CT molecular complexity index is 1200. The molecule has 0 fully saturated rings. The number of anilines is 2. The molecule has 0 spiro atoms. The number of fused-ring (bicyclic) bond motifs is 2. The van der Waals surface area contributed by atoms with Crippen molar-refractivity contribution in [1.82, 2.24) is 9.97 Å². The maximum atomic E-state index is 6.22. The molecule has 0 saturated heterocycles. The molecular weight excluding hydrogens is 374 g/mol. The zero-order valence-corrected chi connectivity index (χ0v) is 15.8. The van der Waals surface area contributed by atoms with Gasteiger partial charge in [0.1, 0.15) is 0 Å². The van der Waals surface area contributed by atoms with Gasteiger partial charge in [0, 0.05) is 29.8 Å². The van der Waals surface area contributed by atoms with Gasteiger partial charge in [-0.2, -0.15) is 0 Å². The molecule has 0 aliphatic carbocycles. The average molecular weight is 390 g/mol. The van der Waals surface area contributed by atoms with Crippen LogP contribution in [0.15, 0.2) is 66.7 Å². The first kappa shape index (κ1) is 16.8. The number of benzene rings is 3. The van der Waals surface area contributed by atoms with Gasteiger partial charge in [-0.05, 0) is 35.9 Å². The van der Waals surface area contributed by atoms with Crippen molar-refractivity contribution in [3.8, 4) is 22.8 Å². The van der Waals surface area contributed by atoms with Crippen molar-refractivity contribution in [3.05, 3.63) is 72.0 Å². The van der Waals surface area contributed by atoms with E-state index >= 15 is 0 Å². The number of rotatable bonds is 3. The van der Waals surface area contributed by atoms with Crippen LogP contribution in [0.1, 0.15) is 0 Å². The van der Waals surface area contributed by atoms with Gasteiger partial charge in [-0.3, -0.25) is 0 Å². The summed E-state index contributed by atoms with van der Waals surface area (Å²) in [5.41, 5.74) is 4.59. The minimum Gasteiger partial charge on any atom is -0.454 e. The van der Waals surface area contributed by atoms with E-state index in [-0.39, 0.29) is 12.1 Å². The molecule has 0 N–H and O–H groups in total. The molecule has 28 heavy (non-hydrogen) atoms. The van der Waals surface area contributed by atoms with Gasteiger partial charge in [0.2, 0.25) is 12.1 Å². The Balaban J connectivity index is 1.66. The SMILES string of the molecule is CN(c1ccc2c(c1)OCO2)c1ccccc1-c1nc(Cl)nc2ccccc12. The van der Waals surface area contributed by atoms with Gasteiger partial charge < -0.3 is 14.4 Å². The summed E-state index contributed by atoms with van der Waals surface area (Å²) < 4.78 is 10.9. The lowest BCUT2D eigenvalue weighted by atomic mass is 10.0. The van der Waals surface area contributed by atoms with Crippen LogP contribution in [-0.2, 0) is 0 Å². The summed E-state index contributed by atoms with van der Waals surface area (Å²) in [6.07, 6.45) is 0. The topological polar surface area (TPSA) is 47.5 Å². The fourth-order valence-electron chi connectivity index (χ4n) is 3.45. The van der Waals surface area contributed by atoms with Gasteiger partial charge in [-0.25, -0.2) is 9.97 Å².